The number of rotatable bonds is 2. The van der Waals surface area contributed by atoms with Crippen LogP contribution in [0.4, 0.5) is 0 Å². The lowest BCUT2D eigenvalue weighted by Crippen LogP contribution is -2.34. The summed E-state index contributed by atoms with van der Waals surface area (Å²) in [6.45, 7) is 5.00. The lowest BCUT2D eigenvalue weighted by Gasteiger charge is -2.20. The Morgan fingerprint density at radius 1 is 1.35 bits per heavy atom. The van der Waals surface area contributed by atoms with Gasteiger partial charge >= 0.3 is 0 Å². The van der Waals surface area contributed by atoms with E-state index in [0.717, 1.165) is 50.6 Å². The zero-order valence-corrected chi connectivity index (χ0v) is 12.1. The molecule has 3 heterocycles. The van der Waals surface area contributed by atoms with Crippen molar-refractivity contribution in [3.63, 3.8) is 0 Å². The molecule has 108 valence electrons. The highest BCUT2D eigenvalue weighted by molar-refractivity contribution is 5.91. The fraction of sp³-hybridized carbons (Fsp3) is 0.800. The van der Waals surface area contributed by atoms with E-state index in [1.165, 1.54) is 19.3 Å². The number of aryl methyl sites for hydroxylation is 1. The predicted octanol–water partition coefficient (Wildman–Crippen LogP) is 1.88. The summed E-state index contributed by atoms with van der Waals surface area (Å²) in [7, 11) is 0. The second-order valence-corrected chi connectivity index (χ2v) is 6.70. The van der Waals surface area contributed by atoms with Gasteiger partial charge in [-0.15, -0.1) is 10.2 Å². The van der Waals surface area contributed by atoms with Crippen LogP contribution in [-0.2, 0) is 13.0 Å². The third-order valence-corrected chi connectivity index (χ3v) is 5.60. The Morgan fingerprint density at radius 3 is 3.05 bits per heavy atom. The van der Waals surface area contributed by atoms with E-state index in [1.54, 1.807) is 0 Å². The normalized spacial score (nSPS) is 31.6. The van der Waals surface area contributed by atoms with E-state index in [1.807, 2.05) is 4.90 Å². The average molecular weight is 274 g/mol. The summed E-state index contributed by atoms with van der Waals surface area (Å²) >= 11 is 0. The molecule has 2 atom stereocenters. The van der Waals surface area contributed by atoms with E-state index in [9.17, 15) is 4.79 Å². The van der Waals surface area contributed by atoms with Crippen LogP contribution in [0.5, 0.6) is 0 Å². The molecule has 0 bridgehead atoms. The van der Waals surface area contributed by atoms with Gasteiger partial charge in [-0.2, -0.15) is 0 Å². The Labute approximate surface area is 119 Å². The Balaban J connectivity index is 1.56. The van der Waals surface area contributed by atoms with Crippen molar-refractivity contribution in [2.24, 2.45) is 11.3 Å². The molecule has 3 aliphatic rings. The second kappa shape index (κ2) is 4.30. The van der Waals surface area contributed by atoms with Crippen LogP contribution in [0.2, 0.25) is 0 Å². The van der Waals surface area contributed by atoms with Crippen molar-refractivity contribution < 1.29 is 4.79 Å². The van der Waals surface area contributed by atoms with Gasteiger partial charge in [-0.1, -0.05) is 13.3 Å². The highest BCUT2D eigenvalue weighted by atomic mass is 16.2. The van der Waals surface area contributed by atoms with Crippen molar-refractivity contribution in [2.45, 2.75) is 52.0 Å². The molecule has 2 aliphatic heterocycles. The van der Waals surface area contributed by atoms with E-state index in [0.29, 0.717) is 11.2 Å². The van der Waals surface area contributed by atoms with Gasteiger partial charge in [-0.25, -0.2) is 0 Å². The van der Waals surface area contributed by atoms with Gasteiger partial charge in [0, 0.05) is 26.1 Å². The Bertz CT molecular complexity index is 548. The second-order valence-electron chi connectivity index (χ2n) is 6.70. The van der Waals surface area contributed by atoms with E-state index in [-0.39, 0.29) is 5.91 Å². The number of hydrogen-bond acceptors (Lipinski definition) is 3. The van der Waals surface area contributed by atoms with Gasteiger partial charge in [-0.3, -0.25) is 4.79 Å². The van der Waals surface area contributed by atoms with Gasteiger partial charge in [0.25, 0.3) is 5.91 Å². The van der Waals surface area contributed by atoms with Crippen LogP contribution >= 0.6 is 0 Å². The average Bonchev–Trinajstić information content (AvgIpc) is 2.93. The molecule has 0 N–H and O–H groups in total. The highest BCUT2D eigenvalue weighted by Crippen LogP contribution is 2.59. The first-order valence-corrected chi connectivity index (χ1v) is 7.95. The minimum absolute atomic E-state index is 0.102. The molecule has 0 radical (unpaired) electrons. The van der Waals surface area contributed by atoms with Crippen LogP contribution in [-0.4, -0.2) is 38.7 Å². The summed E-state index contributed by atoms with van der Waals surface area (Å²) in [5.74, 6) is 2.42. The molecule has 0 spiro atoms. The van der Waals surface area contributed by atoms with Gasteiger partial charge in [0.1, 0.15) is 5.82 Å². The van der Waals surface area contributed by atoms with Gasteiger partial charge < -0.3 is 9.47 Å². The van der Waals surface area contributed by atoms with Crippen LogP contribution in [0.15, 0.2) is 0 Å². The van der Waals surface area contributed by atoms with Crippen molar-refractivity contribution in [3.05, 3.63) is 11.6 Å². The molecule has 1 amide bonds. The Kier molecular flexibility index (Phi) is 2.66. The van der Waals surface area contributed by atoms with Crippen molar-refractivity contribution in [3.8, 4) is 0 Å². The molecular weight excluding hydrogens is 252 g/mol. The number of hydrogen-bond donors (Lipinski definition) is 0. The molecule has 5 nitrogen and oxygen atoms in total. The maximum atomic E-state index is 12.7. The van der Waals surface area contributed by atoms with Crippen LogP contribution in [0, 0.1) is 11.3 Å². The smallest absolute Gasteiger partial charge is 0.291 e. The molecule has 1 saturated heterocycles. The minimum Gasteiger partial charge on any atom is -0.335 e. The summed E-state index contributed by atoms with van der Waals surface area (Å²) in [6, 6.07) is 0. The number of fused-ring (bicyclic) bond motifs is 2. The quantitative estimate of drug-likeness (QED) is 0.827. The third-order valence-electron chi connectivity index (χ3n) is 5.60. The van der Waals surface area contributed by atoms with Crippen LogP contribution < -0.4 is 0 Å². The summed E-state index contributed by atoms with van der Waals surface area (Å²) in [5, 5.41) is 8.44. The molecule has 20 heavy (non-hydrogen) atoms. The summed E-state index contributed by atoms with van der Waals surface area (Å²) in [6.07, 6.45) is 6.98. The molecule has 1 saturated carbocycles. The highest BCUT2D eigenvalue weighted by Gasteiger charge is 2.59. The number of likely N-dealkylation sites (tertiary alicyclic amines) is 1. The van der Waals surface area contributed by atoms with Crippen molar-refractivity contribution in [2.75, 3.05) is 13.1 Å². The standard InChI is InChI=1S/C15H22N4O/c1-2-15-8-11(15)9-18(10-15)14(20)13-17-16-12-6-4-3-5-7-19(12)13/h11H,2-10H2,1H3. The minimum atomic E-state index is 0.102. The molecule has 1 aliphatic carbocycles. The molecular formula is C15H22N4O. The summed E-state index contributed by atoms with van der Waals surface area (Å²) in [4.78, 5) is 14.7. The largest absolute Gasteiger partial charge is 0.335 e. The number of carbonyl (C=O) groups excluding carboxylic acids is 1. The van der Waals surface area contributed by atoms with Crippen molar-refractivity contribution >= 4 is 5.91 Å². The van der Waals surface area contributed by atoms with Gasteiger partial charge in [0.05, 0.1) is 0 Å². The fourth-order valence-electron chi connectivity index (χ4n) is 4.08. The number of amides is 1. The maximum Gasteiger partial charge on any atom is 0.291 e. The first kappa shape index (κ1) is 12.4. The maximum absolute atomic E-state index is 12.7. The Morgan fingerprint density at radius 2 is 2.25 bits per heavy atom. The molecule has 0 aromatic carbocycles. The van der Waals surface area contributed by atoms with E-state index >= 15 is 0 Å². The van der Waals surface area contributed by atoms with Crippen LogP contribution in [0.3, 0.4) is 0 Å². The molecule has 2 unspecified atom stereocenters. The molecule has 1 aromatic heterocycles. The number of aromatic nitrogens is 3. The van der Waals surface area contributed by atoms with Crippen LogP contribution in [0.25, 0.3) is 0 Å². The zero-order chi connectivity index (χ0) is 13.7. The molecule has 1 aromatic rings. The Hall–Kier alpha value is -1.39. The van der Waals surface area contributed by atoms with Gasteiger partial charge in [-0.05, 0) is 37.0 Å². The lowest BCUT2D eigenvalue weighted by molar-refractivity contribution is 0.0746. The molecule has 2 fully saturated rings. The number of piperidine rings is 1. The summed E-state index contributed by atoms with van der Waals surface area (Å²) < 4.78 is 2.07. The molecule has 4 rings (SSSR count). The van der Waals surface area contributed by atoms with Crippen molar-refractivity contribution in [1.82, 2.24) is 19.7 Å². The zero-order valence-electron chi connectivity index (χ0n) is 12.1. The third kappa shape index (κ3) is 1.71. The summed E-state index contributed by atoms with van der Waals surface area (Å²) in [5.41, 5.74) is 0.442. The first-order valence-electron chi connectivity index (χ1n) is 7.95. The van der Waals surface area contributed by atoms with E-state index in [2.05, 4.69) is 21.7 Å². The fourth-order valence-corrected chi connectivity index (χ4v) is 4.08. The monoisotopic (exact) mass is 274 g/mol. The number of nitrogens with zero attached hydrogens (tertiary/aromatic N) is 4. The van der Waals surface area contributed by atoms with Gasteiger partial charge in [0.15, 0.2) is 0 Å². The number of carbonyl (C=O) groups is 1. The van der Waals surface area contributed by atoms with Crippen molar-refractivity contribution in [1.29, 1.82) is 0 Å². The van der Waals surface area contributed by atoms with Crippen LogP contribution in [0.1, 0.15) is 55.5 Å². The molecule has 5 heteroatoms. The topological polar surface area (TPSA) is 51.0 Å². The first-order chi connectivity index (χ1) is 9.73. The van der Waals surface area contributed by atoms with Gasteiger partial charge in [0.2, 0.25) is 5.82 Å². The predicted molar refractivity (Wildman–Crippen MR) is 74.3 cm³/mol. The SMILES string of the molecule is CCC12CC1CN(C(=O)c1nnc3n1CCCCC3)C2. The van der Waals surface area contributed by atoms with E-state index < -0.39 is 0 Å². The van der Waals surface area contributed by atoms with E-state index in [4.69, 9.17) is 0 Å². The lowest BCUT2D eigenvalue weighted by atomic mass is 10.0.